The quantitative estimate of drug-likeness (QED) is 0.331. The van der Waals surface area contributed by atoms with Crippen molar-refractivity contribution >= 4 is 16.8 Å². The Morgan fingerprint density at radius 1 is 0.714 bits per heavy atom. The fourth-order valence-electron chi connectivity index (χ4n) is 6.50. The van der Waals surface area contributed by atoms with E-state index in [0.29, 0.717) is 12.0 Å². The van der Waals surface area contributed by atoms with Crippen LogP contribution in [0.2, 0.25) is 0 Å². The maximum Gasteiger partial charge on any atom is 0.343 e. The van der Waals surface area contributed by atoms with Gasteiger partial charge in [0.1, 0.15) is 5.60 Å². The minimum Gasteiger partial charge on any atom is -0.431 e. The van der Waals surface area contributed by atoms with Gasteiger partial charge in [0.25, 0.3) is 0 Å². The van der Waals surface area contributed by atoms with E-state index in [2.05, 4.69) is 103 Å². The van der Waals surface area contributed by atoms with Crippen LogP contribution in [0.15, 0.2) is 125 Å². The molecule has 2 atom stereocenters. The summed E-state index contributed by atoms with van der Waals surface area (Å²) in [5, 5.41) is 1.51. The zero-order chi connectivity index (χ0) is 23.5. The number of ether oxygens (including phenoxy) is 1. The Morgan fingerprint density at radius 3 is 2.20 bits per heavy atom. The van der Waals surface area contributed by atoms with Gasteiger partial charge in [-0.25, -0.2) is 4.79 Å². The molecule has 3 aromatic carbocycles. The van der Waals surface area contributed by atoms with E-state index in [-0.39, 0.29) is 11.0 Å². The van der Waals surface area contributed by atoms with Gasteiger partial charge in [-0.1, -0.05) is 103 Å². The summed E-state index contributed by atoms with van der Waals surface area (Å²) >= 11 is 0. The summed E-state index contributed by atoms with van der Waals surface area (Å²) in [4.78, 5) is 12.4. The van der Waals surface area contributed by atoms with Crippen LogP contribution in [0.4, 0.5) is 0 Å². The van der Waals surface area contributed by atoms with Crippen molar-refractivity contribution < 1.29 is 9.15 Å². The van der Waals surface area contributed by atoms with Gasteiger partial charge in [-0.15, -0.1) is 0 Å². The summed E-state index contributed by atoms with van der Waals surface area (Å²) in [6.07, 6.45) is 15.8. The standard InChI is InChI=1S/C32H24O3/c33-29-27-12-13-28-26(25(27)15-21-34-29)14-17-32-22-30(23-8-3-1-4-9-23,24-10-5-2-6-11-24)18-19-31(28,32)16-7-20-35-32/h1-19,21H,20,22H2. The fourth-order valence-corrected chi connectivity index (χ4v) is 6.50. The van der Waals surface area contributed by atoms with Crippen LogP contribution in [-0.2, 0) is 15.6 Å². The van der Waals surface area contributed by atoms with Crippen LogP contribution < -0.4 is 5.63 Å². The number of rotatable bonds is 2. The Balaban J connectivity index is 1.53. The Morgan fingerprint density at radius 2 is 1.46 bits per heavy atom. The van der Waals surface area contributed by atoms with Gasteiger partial charge >= 0.3 is 5.63 Å². The monoisotopic (exact) mass is 456 g/mol. The molecule has 3 nitrogen and oxygen atoms in total. The van der Waals surface area contributed by atoms with Crippen LogP contribution in [0, 0.1) is 0 Å². The zero-order valence-corrected chi connectivity index (χ0v) is 19.2. The summed E-state index contributed by atoms with van der Waals surface area (Å²) in [6, 6.07) is 27.3. The van der Waals surface area contributed by atoms with E-state index in [0.717, 1.165) is 22.9 Å². The van der Waals surface area contributed by atoms with Crippen molar-refractivity contribution in [2.45, 2.75) is 22.9 Å². The van der Waals surface area contributed by atoms with Crippen LogP contribution in [0.3, 0.4) is 0 Å². The van der Waals surface area contributed by atoms with Gasteiger partial charge < -0.3 is 9.15 Å². The smallest absolute Gasteiger partial charge is 0.343 e. The Labute approximate surface area is 203 Å². The van der Waals surface area contributed by atoms with Crippen LogP contribution >= 0.6 is 0 Å². The molecule has 2 aliphatic carbocycles. The van der Waals surface area contributed by atoms with Gasteiger partial charge in [0, 0.05) is 5.41 Å². The molecule has 0 saturated heterocycles. The highest BCUT2D eigenvalue weighted by atomic mass is 16.5. The highest BCUT2D eigenvalue weighted by Crippen LogP contribution is 2.59. The average molecular weight is 457 g/mol. The molecule has 0 N–H and O–H groups in total. The van der Waals surface area contributed by atoms with E-state index >= 15 is 0 Å². The minimum atomic E-state index is -0.567. The maximum atomic E-state index is 12.4. The molecule has 170 valence electrons. The summed E-state index contributed by atoms with van der Waals surface area (Å²) in [5.74, 6) is 0. The first kappa shape index (κ1) is 20.4. The lowest BCUT2D eigenvalue weighted by atomic mass is 9.51. The van der Waals surface area contributed by atoms with Crippen molar-refractivity contribution in [3.8, 4) is 0 Å². The van der Waals surface area contributed by atoms with Crippen LogP contribution in [0.1, 0.15) is 28.7 Å². The molecule has 0 radical (unpaired) electrons. The third-order valence-electron chi connectivity index (χ3n) is 8.15. The summed E-state index contributed by atoms with van der Waals surface area (Å²) in [6.45, 7) is 0.562. The van der Waals surface area contributed by atoms with E-state index in [1.165, 1.54) is 17.4 Å². The van der Waals surface area contributed by atoms with Crippen LogP contribution in [0.5, 0.6) is 0 Å². The van der Waals surface area contributed by atoms with E-state index in [1.54, 1.807) is 0 Å². The first-order chi connectivity index (χ1) is 17.2. The predicted octanol–water partition coefficient (Wildman–Crippen LogP) is 6.33. The second-order valence-corrected chi connectivity index (χ2v) is 9.71. The summed E-state index contributed by atoms with van der Waals surface area (Å²) < 4.78 is 11.9. The van der Waals surface area contributed by atoms with Gasteiger partial charge in [-0.3, -0.25) is 0 Å². The molecule has 1 aliphatic heterocycles. The van der Waals surface area contributed by atoms with E-state index in [9.17, 15) is 4.79 Å². The molecule has 0 spiro atoms. The van der Waals surface area contributed by atoms with Crippen molar-refractivity contribution in [2.75, 3.05) is 6.61 Å². The first-order valence-electron chi connectivity index (χ1n) is 12.0. The molecule has 0 fully saturated rings. The molecule has 0 bridgehead atoms. The molecular weight excluding hydrogens is 432 g/mol. The highest BCUT2D eigenvalue weighted by Gasteiger charge is 2.59. The summed E-state index contributed by atoms with van der Waals surface area (Å²) in [5.41, 5.74) is 3.02. The number of allylic oxidation sites excluding steroid dienone is 1. The molecule has 2 unspecified atom stereocenters. The minimum absolute atomic E-state index is 0.310. The normalized spacial score (nSPS) is 25.6. The van der Waals surface area contributed by atoms with Crippen LogP contribution in [0.25, 0.3) is 16.8 Å². The highest BCUT2D eigenvalue weighted by molar-refractivity contribution is 5.93. The SMILES string of the molecule is O=c1occc2c3c(ccc12)C12C=CCOC1(C=C3)CC(c1ccccc1)(c1ccccc1)C=C2. The van der Waals surface area contributed by atoms with Crippen molar-refractivity contribution in [3.63, 3.8) is 0 Å². The molecule has 3 heteroatoms. The molecule has 0 saturated carbocycles. The molecule has 4 aromatic rings. The molecule has 0 amide bonds. The summed E-state index contributed by atoms with van der Waals surface area (Å²) in [7, 11) is 0. The van der Waals surface area contributed by atoms with Crippen molar-refractivity contribution in [1.82, 2.24) is 0 Å². The third-order valence-corrected chi connectivity index (χ3v) is 8.15. The third kappa shape index (κ3) is 2.67. The molecule has 2 heterocycles. The van der Waals surface area contributed by atoms with Crippen molar-refractivity contribution in [3.05, 3.63) is 148 Å². The molecule has 1 aromatic heterocycles. The van der Waals surface area contributed by atoms with Gasteiger partial charge in [-0.2, -0.15) is 0 Å². The molecule has 3 aliphatic rings. The first-order valence-corrected chi connectivity index (χ1v) is 12.0. The molecular formula is C32H24O3. The van der Waals surface area contributed by atoms with Crippen molar-refractivity contribution in [2.24, 2.45) is 0 Å². The second kappa shape index (κ2) is 7.27. The van der Waals surface area contributed by atoms with E-state index in [1.807, 2.05) is 12.1 Å². The predicted molar refractivity (Wildman–Crippen MR) is 138 cm³/mol. The number of hydrogen-bond donors (Lipinski definition) is 0. The number of fused-ring (bicyclic) bond motifs is 3. The number of hydrogen-bond acceptors (Lipinski definition) is 3. The van der Waals surface area contributed by atoms with E-state index < -0.39 is 11.0 Å². The topological polar surface area (TPSA) is 39.4 Å². The fraction of sp³-hybridized carbons (Fsp3) is 0.156. The van der Waals surface area contributed by atoms with E-state index in [4.69, 9.17) is 9.15 Å². The maximum absolute atomic E-state index is 12.4. The zero-order valence-electron chi connectivity index (χ0n) is 19.2. The lowest BCUT2D eigenvalue weighted by Crippen LogP contribution is -2.59. The Bertz CT molecular complexity index is 1550. The van der Waals surface area contributed by atoms with Crippen molar-refractivity contribution in [1.29, 1.82) is 0 Å². The van der Waals surface area contributed by atoms with Gasteiger partial charge in [0.2, 0.25) is 0 Å². The van der Waals surface area contributed by atoms with Gasteiger partial charge in [0.05, 0.1) is 23.7 Å². The van der Waals surface area contributed by atoms with Gasteiger partial charge in [0.15, 0.2) is 0 Å². The number of benzene rings is 3. The molecule has 7 rings (SSSR count). The largest absolute Gasteiger partial charge is 0.431 e. The Kier molecular flexibility index (Phi) is 4.24. The van der Waals surface area contributed by atoms with Gasteiger partial charge in [-0.05, 0) is 46.2 Å². The average Bonchev–Trinajstić information content (AvgIpc) is 2.93. The lowest BCUT2D eigenvalue weighted by Gasteiger charge is -2.57. The Hall–Kier alpha value is -3.95. The molecule has 35 heavy (non-hydrogen) atoms. The second-order valence-electron chi connectivity index (χ2n) is 9.71. The van der Waals surface area contributed by atoms with Crippen LogP contribution in [-0.4, -0.2) is 12.2 Å². The lowest BCUT2D eigenvalue weighted by molar-refractivity contribution is -0.0538.